The van der Waals surface area contributed by atoms with Crippen LogP contribution in [0.1, 0.15) is 13.8 Å². The molecule has 1 unspecified atom stereocenters. The molecule has 0 aliphatic carbocycles. The lowest BCUT2D eigenvalue weighted by molar-refractivity contribution is -0.120. The van der Waals surface area contributed by atoms with E-state index in [1.54, 1.807) is 12.4 Å². The van der Waals surface area contributed by atoms with Gasteiger partial charge < -0.3 is 16.0 Å². The third kappa shape index (κ3) is 3.43. The van der Waals surface area contributed by atoms with E-state index >= 15 is 0 Å². The predicted octanol–water partition coefficient (Wildman–Crippen LogP) is 1.32. The Hall–Kier alpha value is -1.62. The van der Waals surface area contributed by atoms with Crippen LogP contribution in [-0.2, 0) is 4.79 Å². The fourth-order valence-electron chi connectivity index (χ4n) is 1.78. The van der Waals surface area contributed by atoms with Crippen LogP contribution in [-0.4, -0.2) is 31.5 Å². The minimum Gasteiger partial charge on any atom is -0.376 e. The lowest BCUT2D eigenvalue weighted by Gasteiger charge is -2.21. The first-order chi connectivity index (χ1) is 8.47. The third-order valence-electron chi connectivity index (χ3n) is 2.93. The number of carbonyl (C=O) groups is 1. The Morgan fingerprint density at radius 2 is 2.17 bits per heavy atom. The Bertz CT molecular complexity index is 404. The molecule has 1 aromatic rings. The van der Waals surface area contributed by atoms with Crippen molar-refractivity contribution < 1.29 is 4.79 Å². The maximum Gasteiger partial charge on any atom is 0.229 e. The van der Waals surface area contributed by atoms with Gasteiger partial charge in [-0.05, 0) is 12.0 Å². The molecular formula is C13H22N4O. The number of nitrogens with zero attached hydrogens (tertiary/aromatic N) is 2. The van der Waals surface area contributed by atoms with Crippen molar-refractivity contribution in [1.29, 1.82) is 0 Å². The molecule has 1 heterocycles. The van der Waals surface area contributed by atoms with E-state index in [0.717, 1.165) is 5.69 Å². The van der Waals surface area contributed by atoms with Crippen molar-refractivity contribution in [2.75, 3.05) is 30.9 Å². The Labute approximate surface area is 108 Å². The topological polar surface area (TPSA) is 71.2 Å². The van der Waals surface area contributed by atoms with Gasteiger partial charge in [-0.3, -0.25) is 9.78 Å². The lowest BCUT2D eigenvalue weighted by Crippen LogP contribution is -2.33. The lowest BCUT2D eigenvalue weighted by atomic mass is 9.95. The highest BCUT2D eigenvalue weighted by Gasteiger charge is 2.21. The van der Waals surface area contributed by atoms with Crippen LogP contribution in [0.2, 0.25) is 0 Å². The first-order valence-electron chi connectivity index (χ1n) is 6.09. The zero-order chi connectivity index (χ0) is 13.7. The Morgan fingerprint density at radius 1 is 1.50 bits per heavy atom. The summed E-state index contributed by atoms with van der Waals surface area (Å²) in [5, 5.41) is 2.90. The zero-order valence-electron chi connectivity index (χ0n) is 11.5. The van der Waals surface area contributed by atoms with Crippen LogP contribution in [0.15, 0.2) is 18.5 Å². The summed E-state index contributed by atoms with van der Waals surface area (Å²) in [5.41, 5.74) is 7.28. The van der Waals surface area contributed by atoms with E-state index in [0.29, 0.717) is 12.2 Å². The number of hydrogen-bond acceptors (Lipinski definition) is 4. The number of aromatic nitrogens is 1. The molecule has 0 bridgehead atoms. The van der Waals surface area contributed by atoms with Crippen molar-refractivity contribution in [3.8, 4) is 0 Å². The molecule has 0 aliphatic heterocycles. The summed E-state index contributed by atoms with van der Waals surface area (Å²) < 4.78 is 0. The van der Waals surface area contributed by atoms with E-state index < -0.39 is 0 Å². The van der Waals surface area contributed by atoms with Crippen molar-refractivity contribution in [3.63, 3.8) is 0 Å². The first kappa shape index (κ1) is 14.4. The van der Waals surface area contributed by atoms with Gasteiger partial charge in [0, 0.05) is 26.8 Å². The SMILES string of the molecule is CC(C)C(CN)C(=O)Nc1cnccc1N(C)C. The second-order valence-corrected chi connectivity index (χ2v) is 4.86. The number of carbonyl (C=O) groups excluding carboxylic acids is 1. The third-order valence-corrected chi connectivity index (χ3v) is 2.93. The van der Waals surface area contributed by atoms with E-state index in [4.69, 9.17) is 5.73 Å². The van der Waals surface area contributed by atoms with E-state index in [9.17, 15) is 4.79 Å². The summed E-state index contributed by atoms with van der Waals surface area (Å²) in [6.45, 7) is 4.33. The van der Waals surface area contributed by atoms with Gasteiger partial charge in [0.05, 0.1) is 23.5 Å². The van der Waals surface area contributed by atoms with Gasteiger partial charge in [-0.1, -0.05) is 13.8 Å². The minimum atomic E-state index is -0.180. The van der Waals surface area contributed by atoms with Gasteiger partial charge in [0.15, 0.2) is 0 Å². The second-order valence-electron chi connectivity index (χ2n) is 4.86. The molecule has 1 atom stereocenters. The molecule has 1 rings (SSSR count). The van der Waals surface area contributed by atoms with E-state index in [2.05, 4.69) is 10.3 Å². The summed E-state index contributed by atoms with van der Waals surface area (Å²) in [4.78, 5) is 18.1. The largest absolute Gasteiger partial charge is 0.376 e. The summed E-state index contributed by atoms with van der Waals surface area (Å²) in [7, 11) is 3.85. The molecule has 0 saturated carbocycles. The molecule has 5 heteroatoms. The number of rotatable bonds is 5. The van der Waals surface area contributed by atoms with Gasteiger partial charge in [0.2, 0.25) is 5.91 Å². The van der Waals surface area contributed by atoms with Crippen LogP contribution in [0, 0.1) is 11.8 Å². The fourth-order valence-corrected chi connectivity index (χ4v) is 1.78. The first-order valence-corrected chi connectivity index (χ1v) is 6.09. The van der Waals surface area contributed by atoms with Crippen LogP contribution >= 0.6 is 0 Å². The molecule has 0 spiro atoms. The summed E-state index contributed by atoms with van der Waals surface area (Å²) in [5.74, 6) is -0.0155. The number of amides is 1. The molecule has 0 aliphatic rings. The normalized spacial score (nSPS) is 12.3. The molecule has 1 aromatic heterocycles. The Morgan fingerprint density at radius 3 is 2.67 bits per heavy atom. The molecule has 100 valence electrons. The summed E-state index contributed by atoms with van der Waals surface area (Å²) in [6.07, 6.45) is 3.36. The molecule has 0 fully saturated rings. The molecule has 0 radical (unpaired) electrons. The standard InChI is InChI=1S/C13H22N4O/c1-9(2)10(7-14)13(18)16-11-8-15-6-5-12(11)17(3)4/h5-6,8-10H,7,14H2,1-4H3,(H,16,18). The Balaban J connectivity index is 2.87. The quantitative estimate of drug-likeness (QED) is 0.826. The number of hydrogen-bond donors (Lipinski definition) is 2. The molecule has 5 nitrogen and oxygen atoms in total. The molecule has 18 heavy (non-hydrogen) atoms. The van der Waals surface area contributed by atoms with Crippen LogP contribution < -0.4 is 16.0 Å². The minimum absolute atomic E-state index is 0.0522. The highest BCUT2D eigenvalue weighted by Crippen LogP contribution is 2.23. The molecule has 1 amide bonds. The number of anilines is 2. The van der Waals surface area contributed by atoms with E-state index in [1.807, 2.05) is 38.9 Å². The van der Waals surface area contributed by atoms with Crippen molar-refractivity contribution in [1.82, 2.24) is 4.98 Å². The number of nitrogens with one attached hydrogen (secondary N) is 1. The predicted molar refractivity (Wildman–Crippen MR) is 74.6 cm³/mol. The van der Waals surface area contributed by atoms with Gasteiger partial charge in [-0.15, -0.1) is 0 Å². The summed E-state index contributed by atoms with van der Waals surface area (Å²) in [6, 6.07) is 1.86. The van der Waals surface area contributed by atoms with Gasteiger partial charge in [0.25, 0.3) is 0 Å². The number of pyridine rings is 1. The van der Waals surface area contributed by atoms with E-state index in [-0.39, 0.29) is 17.7 Å². The monoisotopic (exact) mass is 250 g/mol. The highest BCUT2D eigenvalue weighted by atomic mass is 16.1. The average Bonchev–Trinajstić information content (AvgIpc) is 2.29. The van der Waals surface area contributed by atoms with Crippen molar-refractivity contribution in [3.05, 3.63) is 18.5 Å². The molecule has 0 saturated heterocycles. The van der Waals surface area contributed by atoms with Gasteiger partial charge in [-0.25, -0.2) is 0 Å². The fraction of sp³-hybridized carbons (Fsp3) is 0.538. The van der Waals surface area contributed by atoms with Crippen LogP contribution in [0.3, 0.4) is 0 Å². The van der Waals surface area contributed by atoms with Gasteiger partial charge in [0.1, 0.15) is 0 Å². The van der Waals surface area contributed by atoms with Gasteiger partial charge in [-0.2, -0.15) is 0 Å². The van der Waals surface area contributed by atoms with Crippen LogP contribution in [0.25, 0.3) is 0 Å². The highest BCUT2D eigenvalue weighted by molar-refractivity contribution is 5.95. The van der Waals surface area contributed by atoms with Crippen molar-refractivity contribution >= 4 is 17.3 Å². The average molecular weight is 250 g/mol. The Kier molecular flexibility index (Phi) is 5.09. The maximum atomic E-state index is 12.1. The zero-order valence-corrected chi connectivity index (χ0v) is 11.5. The molecular weight excluding hydrogens is 228 g/mol. The van der Waals surface area contributed by atoms with Gasteiger partial charge >= 0.3 is 0 Å². The van der Waals surface area contributed by atoms with Crippen LogP contribution in [0.4, 0.5) is 11.4 Å². The van der Waals surface area contributed by atoms with Crippen molar-refractivity contribution in [2.45, 2.75) is 13.8 Å². The number of nitrogens with two attached hydrogens (primary N) is 1. The van der Waals surface area contributed by atoms with Crippen molar-refractivity contribution in [2.24, 2.45) is 17.6 Å². The van der Waals surface area contributed by atoms with Crippen LogP contribution in [0.5, 0.6) is 0 Å². The molecule has 3 N–H and O–H groups in total. The second kappa shape index (κ2) is 6.35. The summed E-state index contributed by atoms with van der Waals surface area (Å²) >= 11 is 0. The van der Waals surface area contributed by atoms with E-state index in [1.165, 1.54) is 0 Å². The molecule has 0 aromatic carbocycles. The maximum absolute atomic E-state index is 12.1. The smallest absolute Gasteiger partial charge is 0.229 e.